The maximum absolute atomic E-state index is 10.7. The van der Waals surface area contributed by atoms with E-state index in [-0.39, 0.29) is 0 Å². The molecule has 16 heavy (non-hydrogen) atoms. The number of thioether (sulfide) groups is 1. The Bertz CT molecular complexity index is 415. The van der Waals surface area contributed by atoms with Gasteiger partial charge in [-0.3, -0.25) is 9.59 Å². The van der Waals surface area contributed by atoms with Crippen LogP contribution in [0.15, 0.2) is 34.3 Å². The molecule has 0 fully saturated rings. The second-order valence-corrected chi connectivity index (χ2v) is 3.72. The molecule has 6 heteroatoms. The summed E-state index contributed by atoms with van der Waals surface area (Å²) in [5, 5.41) is 3.59. The predicted octanol–water partition coefficient (Wildman–Crippen LogP) is 0.344. The highest BCUT2D eigenvalue weighted by Gasteiger charge is 2.04. The standard InChI is InChI=1S/C10H11N3O2S/c1-16-8-4-2-7(3-5-8)6-12-13-10(15)9(11)14/h2-6H,1H3,(H2,11,14)(H,13,15)/b12-6-. The minimum absolute atomic E-state index is 0.822. The lowest BCUT2D eigenvalue weighted by molar-refractivity contribution is -0.137. The highest BCUT2D eigenvalue weighted by molar-refractivity contribution is 7.98. The number of primary amides is 1. The Labute approximate surface area is 97.1 Å². The van der Waals surface area contributed by atoms with Gasteiger partial charge in [-0.05, 0) is 24.0 Å². The molecule has 0 saturated heterocycles. The molecule has 1 aromatic rings. The van der Waals surface area contributed by atoms with E-state index in [0.29, 0.717) is 0 Å². The highest BCUT2D eigenvalue weighted by Crippen LogP contribution is 2.13. The fourth-order valence-corrected chi connectivity index (χ4v) is 1.32. The molecule has 84 valence electrons. The van der Waals surface area contributed by atoms with Crippen molar-refractivity contribution in [3.05, 3.63) is 29.8 Å². The van der Waals surface area contributed by atoms with E-state index in [9.17, 15) is 9.59 Å². The number of carbonyl (C=O) groups is 2. The van der Waals surface area contributed by atoms with Crippen LogP contribution in [0.1, 0.15) is 5.56 Å². The molecule has 2 amide bonds. The molecule has 0 aromatic heterocycles. The molecule has 0 heterocycles. The number of hydrogen-bond donors (Lipinski definition) is 2. The number of rotatable bonds is 3. The van der Waals surface area contributed by atoms with Crippen LogP contribution in [0.2, 0.25) is 0 Å². The van der Waals surface area contributed by atoms with Gasteiger partial charge in [-0.2, -0.15) is 5.10 Å². The Kier molecular flexibility index (Phi) is 4.53. The fourth-order valence-electron chi connectivity index (χ4n) is 0.911. The second-order valence-electron chi connectivity index (χ2n) is 2.84. The van der Waals surface area contributed by atoms with Crippen molar-refractivity contribution >= 4 is 29.8 Å². The van der Waals surface area contributed by atoms with E-state index in [0.717, 1.165) is 10.5 Å². The Morgan fingerprint density at radius 3 is 2.50 bits per heavy atom. The molecule has 0 aliphatic carbocycles. The maximum Gasteiger partial charge on any atom is 0.329 e. The van der Waals surface area contributed by atoms with Gasteiger partial charge in [0.1, 0.15) is 0 Å². The molecule has 0 unspecified atom stereocenters. The Morgan fingerprint density at radius 2 is 2.00 bits per heavy atom. The number of amides is 2. The van der Waals surface area contributed by atoms with Gasteiger partial charge < -0.3 is 5.73 Å². The van der Waals surface area contributed by atoms with E-state index in [1.54, 1.807) is 11.8 Å². The lowest BCUT2D eigenvalue weighted by Gasteiger charge is -1.97. The van der Waals surface area contributed by atoms with Crippen molar-refractivity contribution in [1.29, 1.82) is 0 Å². The van der Waals surface area contributed by atoms with E-state index in [1.807, 2.05) is 35.9 Å². The van der Waals surface area contributed by atoms with Crippen LogP contribution < -0.4 is 11.2 Å². The zero-order valence-corrected chi connectivity index (χ0v) is 9.45. The highest BCUT2D eigenvalue weighted by atomic mass is 32.2. The summed E-state index contributed by atoms with van der Waals surface area (Å²) in [6.07, 6.45) is 3.42. The van der Waals surface area contributed by atoms with Crippen molar-refractivity contribution in [3.8, 4) is 0 Å². The number of nitrogens with two attached hydrogens (primary N) is 1. The largest absolute Gasteiger partial charge is 0.361 e. The minimum Gasteiger partial charge on any atom is -0.361 e. The average Bonchev–Trinajstić information content (AvgIpc) is 2.29. The molecule has 5 nitrogen and oxygen atoms in total. The summed E-state index contributed by atoms with van der Waals surface area (Å²) >= 11 is 1.63. The van der Waals surface area contributed by atoms with E-state index >= 15 is 0 Å². The third-order valence-corrected chi connectivity index (χ3v) is 2.46. The van der Waals surface area contributed by atoms with E-state index in [2.05, 4.69) is 5.10 Å². The van der Waals surface area contributed by atoms with Crippen molar-refractivity contribution in [3.63, 3.8) is 0 Å². The summed E-state index contributed by atoms with van der Waals surface area (Å²) in [7, 11) is 0. The summed E-state index contributed by atoms with van der Waals surface area (Å²) in [5.74, 6) is -1.99. The zero-order chi connectivity index (χ0) is 12.0. The number of benzene rings is 1. The Morgan fingerprint density at radius 1 is 1.38 bits per heavy atom. The zero-order valence-electron chi connectivity index (χ0n) is 8.64. The van der Waals surface area contributed by atoms with Crippen LogP contribution >= 0.6 is 11.8 Å². The molecule has 0 bridgehead atoms. The molecule has 0 radical (unpaired) electrons. The number of hydrogen-bond acceptors (Lipinski definition) is 4. The lowest BCUT2D eigenvalue weighted by atomic mass is 10.2. The summed E-state index contributed by atoms with van der Waals surface area (Å²) in [5.41, 5.74) is 7.56. The second kappa shape index (κ2) is 5.92. The van der Waals surface area contributed by atoms with Crippen LogP contribution in [-0.4, -0.2) is 24.3 Å². The predicted molar refractivity (Wildman–Crippen MR) is 63.2 cm³/mol. The monoisotopic (exact) mass is 237 g/mol. The first-order valence-electron chi connectivity index (χ1n) is 4.40. The molecule has 0 atom stereocenters. The fraction of sp³-hybridized carbons (Fsp3) is 0.100. The van der Waals surface area contributed by atoms with Crippen molar-refractivity contribution < 1.29 is 9.59 Å². The van der Waals surface area contributed by atoms with E-state index < -0.39 is 11.8 Å². The number of nitrogens with one attached hydrogen (secondary N) is 1. The van der Waals surface area contributed by atoms with Crippen molar-refractivity contribution in [1.82, 2.24) is 5.43 Å². The van der Waals surface area contributed by atoms with Gasteiger partial charge in [0.05, 0.1) is 6.21 Å². The van der Waals surface area contributed by atoms with Gasteiger partial charge in [0, 0.05) is 4.90 Å². The van der Waals surface area contributed by atoms with Gasteiger partial charge in [0.25, 0.3) is 0 Å². The van der Waals surface area contributed by atoms with Gasteiger partial charge in [-0.1, -0.05) is 12.1 Å². The first-order chi connectivity index (χ1) is 7.63. The third-order valence-electron chi connectivity index (χ3n) is 1.72. The quantitative estimate of drug-likeness (QED) is 0.344. The molecular weight excluding hydrogens is 226 g/mol. The van der Waals surface area contributed by atoms with E-state index in [1.165, 1.54) is 6.21 Å². The topological polar surface area (TPSA) is 84.6 Å². The summed E-state index contributed by atoms with van der Waals surface area (Å²) in [4.78, 5) is 22.2. The van der Waals surface area contributed by atoms with Gasteiger partial charge in [-0.25, -0.2) is 5.43 Å². The molecule has 0 aliphatic rings. The van der Waals surface area contributed by atoms with Crippen LogP contribution in [0, 0.1) is 0 Å². The third kappa shape index (κ3) is 3.74. The van der Waals surface area contributed by atoms with Crippen molar-refractivity contribution in [2.45, 2.75) is 4.90 Å². The smallest absolute Gasteiger partial charge is 0.329 e. The SMILES string of the molecule is CSc1ccc(/C=N\NC(=O)C(N)=O)cc1. The maximum atomic E-state index is 10.7. The molecule has 1 aromatic carbocycles. The minimum atomic E-state index is -1.06. The molecule has 3 N–H and O–H groups in total. The average molecular weight is 237 g/mol. The Hall–Kier alpha value is -1.82. The molecular formula is C10H11N3O2S. The lowest BCUT2D eigenvalue weighted by Crippen LogP contribution is -2.32. The van der Waals surface area contributed by atoms with Gasteiger partial charge in [0.2, 0.25) is 0 Å². The van der Waals surface area contributed by atoms with E-state index in [4.69, 9.17) is 5.73 Å². The molecule has 0 spiro atoms. The first-order valence-corrected chi connectivity index (χ1v) is 5.63. The first kappa shape index (κ1) is 12.3. The number of carbonyl (C=O) groups excluding carboxylic acids is 2. The van der Waals surface area contributed by atoms with Crippen molar-refractivity contribution in [2.24, 2.45) is 10.8 Å². The van der Waals surface area contributed by atoms with Gasteiger partial charge in [0.15, 0.2) is 0 Å². The van der Waals surface area contributed by atoms with Crippen LogP contribution in [0.5, 0.6) is 0 Å². The summed E-state index contributed by atoms with van der Waals surface area (Å²) in [6, 6.07) is 7.57. The molecule has 1 rings (SSSR count). The summed E-state index contributed by atoms with van der Waals surface area (Å²) in [6.45, 7) is 0. The van der Waals surface area contributed by atoms with Crippen molar-refractivity contribution in [2.75, 3.05) is 6.26 Å². The number of hydrazone groups is 1. The molecule has 0 saturated carbocycles. The van der Waals surface area contributed by atoms with Gasteiger partial charge >= 0.3 is 11.8 Å². The van der Waals surface area contributed by atoms with Crippen LogP contribution in [0.3, 0.4) is 0 Å². The van der Waals surface area contributed by atoms with Crippen LogP contribution in [0.4, 0.5) is 0 Å². The van der Waals surface area contributed by atoms with Crippen LogP contribution in [0.25, 0.3) is 0 Å². The Balaban J connectivity index is 2.56. The van der Waals surface area contributed by atoms with Gasteiger partial charge in [-0.15, -0.1) is 11.8 Å². The normalized spacial score (nSPS) is 10.3. The number of nitrogens with zero attached hydrogens (tertiary/aromatic N) is 1. The molecule has 0 aliphatic heterocycles. The summed E-state index contributed by atoms with van der Waals surface area (Å²) < 4.78 is 0. The van der Waals surface area contributed by atoms with Crippen LogP contribution in [-0.2, 0) is 9.59 Å².